The summed E-state index contributed by atoms with van der Waals surface area (Å²) in [6, 6.07) is 17.9. The first-order valence-corrected chi connectivity index (χ1v) is 10.3. The Morgan fingerprint density at radius 3 is 2.28 bits per heavy atom. The maximum atomic E-state index is 4.63. The van der Waals surface area contributed by atoms with Crippen LogP contribution in [0.3, 0.4) is 0 Å². The van der Waals surface area contributed by atoms with E-state index >= 15 is 0 Å². The predicted octanol–water partition coefficient (Wildman–Crippen LogP) is 6.44. The van der Waals surface area contributed by atoms with Gasteiger partial charge in [0.2, 0.25) is 5.69 Å². The number of hydrogen-bond donors (Lipinski definition) is 0. The van der Waals surface area contributed by atoms with Crippen molar-refractivity contribution in [2.75, 3.05) is 0 Å². The first-order valence-electron chi connectivity index (χ1n) is 10.3. The van der Waals surface area contributed by atoms with Crippen molar-refractivity contribution in [2.24, 2.45) is 7.05 Å². The van der Waals surface area contributed by atoms with Gasteiger partial charge in [0.1, 0.15) is 7.05 Å². The second-order valence-corrected chi connectivity index (χ2v) is 8.49. The summed E-state index contributed by atoms with van der Waals surface area (Å²) in [6.45, 7) is 10.9. The van der Waals surface area contributed by atoms with Gasteiger partial charge in [-0.2, -0.15) is 0 Å². The Kier molecular flexibility index (Phi) is 4.96. The molecule has 0 aliphatic heterocycles. The van der Waals surface area contributed by atoms with Gasteiger partial charge in [0.15, 0.2) is 6.20 Å². The lowest BCUT2D eigenvalue weighted by Gasteiger charge is -2.11. The van der Waals surface area contributed by atoms with E-state index in [0.29, 0.717) is 5.92 Å². The molecule has 146 valence electrons. The lowest BCUT2D eigenvalue weighted by atomic mass is 9.96. The fourth-order valence-electron chi connectivity index (χ4n) is 4.02. The molecule has 0 atom stereocenters. The third-order valence-corrected chi connectivity index (χ3v) is 5.89. The average Bonchev–Trinajstić information content (AvgIpc) is 2.70. The van der Waals surface area contributed by atoms with Crippen LogP contribution in [0.4, 0.5) is 0 Å². The number of aryl methyl sites for hydroxylation is 3. The van der Waals surface area contributed by atoms with Gasteiger partial charge in [-0.3, -0.25) is 4.98 Å². The molecule has 0 amide bonds. The Labute approximate surface area is 173 Å². The van der Waals surface area contributed by atoms with E-state index in [2.05, 4.69) is 106 Å². The minimum absolute atomic E-state index is 0.451. The van der Waals surface area contributed by atoms with Crippen molar-refractivity contribution in [2.45, 2.75) is 40.5 Å². The Morgan fingerprint density at radius 1 is 0.828 bits per heavy atom. The highest BCUT2D eigenvalue weighted by Gasteiger charge is 2.16. The Hall–Kier alpha value is -3.00. The molecule has 0 spiro atoms. The van der Waals surface area contributed by atoms with E-state index < -0.39 is 0 Å². The molecule has 2 aromatic carbocycles. The molecule has 0 radical (unpaired) electrons. The van der Waals surface area contributed by atoms with Gasteiger partial charge in [-0.1, -0.05) is 43.7 Å². The molecule has 2 heteroatoms. The van der Waals surface area contributed by atoms with Crippen LogP contribution in [-0.2, 0) is 7.05 Å². The Morgan fingerprint density at radius 2 is 1.59 bits per heavy atom. The Balaban J connectivity index is 1.80. The summed E-state index contributed by atoms with van der Waals surface area (Å²) in [5.41, 5.74) is 10.0. The van der Waals surface area contributed by atoms with Gasteiger partial charge in [0.25, 0.3) is 0 Å². The second kappa shape index (κ2) is 7.44. The average molecular weight is 382 g/mol. The van der Waals surface area contributed by atoms with Gasteiger partial charge >= 0.3 is 0 Å². The third-order valence-electron chi connectivity index (χ3n) is 5.89. The fourth-order valence-corrected chi connectivity index (χ4v) is 4.02. The van der Waals surface area contributed by atoms with E-state index in [1.54, 1.807) is 0 Å². The highest BCUT2D eigenvalue weighted by atomic mass is 14.9. The monoisotopic (exact) mass is 381 g/mol. The molecule has 0 bridgehead atoms. The SMILES string of the molecule is Cc1cc(C)c(C)c(-c2cc3ccc(-c4ccc(C(C)C)nc4)cc3c[n+]2C)c1. The van der Waals surface area contributed by atoms with Crippen LogP contribution in [-0.4, -0.2) is 4.98 Å². The van der Waals surface area contributed by atoms with Crippen molar-refractivity contribution in [3.8, 4) is 22.4 Å². The van der Waals surface area contributed by atoms with Gasteiger partial charge in [-0.15, -0.1) is 0 Å². The highest BCUT2D eigenvalue weighted by Crippen LogP contribution is 2.29. The van der Waals surface area contributed by atoms with Gasteiger partial charge in [-0.25, -0.2) is 4.57 Å². The number of hydrogen-bond acceptors (Lipinski definition) is 1. The zero-order valence-corrected chi connectivity index (χ0v) is 18.2. The van der Waals surface area contributed by atoms with Crippen LogP contribution >= 0.6 is 0 Å². The summed E-state index contributed by atoms with van der Waals surface area (Å²) in [5.74, 6) is 0.451. The normalized spacial score (nSPS) is 11.4. The molecule has 0 aliphatic rings. The van der Waals surface area contributed by atoms with E-state index in [4.69, 9.17) is 0 Å². The second-order valence-electron chi connectivity index (χ2n) is 8.49. The summed E-state index contributed by atoms with van der Waals surface area (Å²) in [6.07, 6.45) is 4.23. The molecule has 2 heterocycles. The summed E-state index contributed by atoms with van der Waals surface area (Å²) in [5, 5.41) is 2.50. The molecular formula is C27H29N2+. The fraction of sp³-hybridized carbons (Fsp3) is 0.259. The van der Waals surface area contributed by atoms with E-state index in [1.807, 2.05) is 6.20 Å². The molecule has 0 fully saturated rings. The van der Waals surface area contributed by atoms with Crippen molar-refractivity contribution in [3.05, 3.63) is 83.3 Å². The lowest BCUT2D eigenvalue weighted by molar-refractivity contribution is -0.659. The quantitative estimate of drug-likeness (QED) is 0.373. The third kappa shape index (κ3) is 3.67. The predicted molar refractivity (Wildman–Crippen MR) is 122 cm³/mol. The van der Waals surface area contributed by atoms with Crippen LogP contribution < -0.4 is 4.57 Å². The van der Waals surface area contributed by atoms with Gasteiger partial charge in [0, 0.05) is 34.5 Å². The molecule has 29 heavy (non-hydrogen) atoms. The molecule has 4 rings (SSSR count). The number of nitrogens with zero attached hydrogens (tertiary/aromatic N) is 2. The van der Waals surface area contributed by atoms with Crippen molar-refractivity contribution >= 4 is 10.8 Å². The van der Waals surface area contributed by atoms with E-state index in [-0.39, 0.29) is 0 Å². The smallest absolute Gasteiger partial charge is 0.213 e. The first-order chi connectivity index (χ1) is 13.8. The van der Waals surface area contributed by atoms with Crippen LogP contribution in [0.1, 0.15) is 42.1 Å². The minimum atomic E-state index is 0.451. The molecule has 4 aromatic rings. The maximum Gasteiger partial charge on any atom is 0.213 e. The van der Waals surface area contributed by atoms with Crippen molar-refractivity contribution < 1.29 is 4.57 Å². The molecular weight excluding hydrogens is 352 g/mol. The van der Waals surface area contributed by atoms with E-state index in [1.165, 1.54) is 44.3 Å². The maximum absolute atomic E-state index is 4.63. The van der Waals surface area contributed by atoms with Crippen LogP contribution in [0.2, 0.25) is 0 Å². The number of aromatic nitrogens is 2. The summed E-state index contributed by atoms with van der Waals surface area (Å²) in [7, 11) is 2.14. The van der Waals surface area contributed by atoms with Crippen LogP contribution in [0.25, 0.3) is 33.2 Å². The first kappa shape index (κ1) is 19.3. The number of pyridine rings is 2. The number of rotatable bonds is 3. The van der Waals surface area contributed by atoms with Crippen LogP contribution in [0, 0.1) is 20.8 Å². The van der Waals surface area contributed by atoms with Gasteiger partial charge in [-0.05, 0) is 67.0 Å². The topological polar surface area (TPSA) is 16.8 Å². The zero-order valence-electron chi connectivity index (χ0n) is 18.2. The standard InChI is InChI=1S/C27H29N2/c1-17(2)26-10-9-23(15-28-26)21-7-8-22-14-27(29(6)16-24(22)13-21)25-12-18(3)11-19(4)20(25)5/h7-17H,1-6H3/q+1. The highest BCUT2D eigenvalue weighted by molar-refractivity contribution is 5.88. The van der Waals surface area contributed by atoms with Crippen molar-refractivity contribution in [1.82, 2.24) is 4.98 Å². The van der Waals surface area contributed by atoms with E-state index in [0.717, 1.165) is 11.3 Å². The summed E-state index contributed by atoms with van der Waals surface area (Å²) in [4.78, 5) is 4.63. The van der Waals surface area contributed by atoms with Gasteiger partial charge < -0.3 is 0 Å². The van der Waals surface area contributed by atoms with Crippen LogP contribution in [0.15, 0.2) is 60.9 Å². The lowest BCUT2D eigenvalue weighted by Crippen LogP contribution is -2.30. The molecule has 2 nitrogen and oxygen atoms in total. The van der Waals surface area contributed by atoms with Crippen LogP contribution in [0.5, 0.6) is 0 Å². The molecule has 0 unspecified atom stereocenters. The molecule has 0 aliphatic carbocycles. The zero-order chi connectivity index (χ0) is 20.7. The number of benzene rings is 2. The molecule has 0 N–H and O–H groups in total. The van der Waals surface area contributed by atoms with Crippen molar-refractivity contribution in [3.63, 3.8) is 0 Å². The molecule has 0 saturated heterocycles. The number of fused-ring (bicyclic) bond motifs is 1. The summed E-state index contributed by atoms with van der Waals surface area (Å²) >= 11 is 0. The molecule has 2 aromatic heterocycles. The summed E-state index contributed by atoms with van der Waals surface area (Å²) < 4.78 is 2.24. The van der Waals surface area contributed by atoms with E-state index in [9.17, 15) is 0 Å². The Bertz CT molecular complexity index is 1200. The van der Waals surface area contributed by atoms with Crippen molar-refractivity contribution in [1.29, 1.82) is 0 Å². The molecule has 0 saturated carbocycles. The largest absolute Gasteiger partial charge is 0.260 e. The minimum Gasteiger partial charge on any atom is -0.260 e. The van der Waals surface area contributed by atoms with Gasteiger partial charge in [0.05, 0.1) is 0 Å².